The van der Waals surface area contributed by atoms with E-state index in [2.05, 4.69) is 10.3 Å². The van der Waals surface area contributed by atoms with Gasteiger partial charge in [0.05, 0.1) is 11.6 Å². The average molecular weight is 350 g/mol. The molecule has 1 aliphatic heterocycles. The maximum absolute atomic E-state index is 12.4. The molecule has 1 aromatic heterocycles. The molecule has 3 rings (SSSR count). The topological polar surface area (TPSA) is 88.3 Å². The SMILES string of the molecule is Nc1nc(CCCNC(=O)[C@@H]2CCC(=O)N(C3CCCC3)C2)cs1. The number of likely N-dealkylation sites (tertiary alicyclic amines) is 1. The summed E-state index contributed by atoms with van der Waals surface area (Å²) < 4.78 is 0. The van der Waals surface area contributed by atoms with Crippen molar-refractivity contribution < 1.29 is 9.59 Å². The molecule has 6 nitrogen and oxygen atoms in total. The van der Waals surface area contributed by atoms with Crippen molar-refractivity contribution in [2.45, 2.75) is 57.4 Å². The quantitative estimate of drug-likeness (QED) is 0.768. The van der Waals surface area contributed by atoms with Gasteiger partial charge in [-0.3, -0.25) is 9.59 Å². The zero-order valence-corrected chi connectivity index (χ0v) is 14.8. The number of carbonyl (C=O) groups excluding carboxylic acids is 2. The third-order valence-corrected chi connectivity index (χ3v) is 5.78. The van der Waals surface area contributed by atoms with E-state index >= 15 is 0 Å². The number of nitrogens with two attached hydrogens (primary N) is 1. The highest BCUT2D eigenvalue weighted by Gasteiger charge is 2.34. The van der Waals surface area contributed by atoms with Crippen LogP contribution in [0.2, 0.25) is 0 Å². The first-order chi connectivity index (χ1) is 11.6. The minimum atomic E-state index is -0.0572. The zero-order chi connectivity index (χ0) is 16.9. The van der Waals surface area contributed by atoms with Gasteiger partial charge in [-0.15, -0.1) is 11.3 Å². The fraction of sp³-hybridized carbons (Fsp3) is 0.706. The molecule has 24 heavy (non-hydrogen) atoms. The normalized spacial score (nSPS) is 22.1. The van der Waals surface area contributed by atoms with Gasteiger partial charge in [0.1, 0.15) is 0 Å². The minimum absolute atomic E-state index is 0.0572. The fourth-order valence-corrected chi connectivity index (χ4v) is 4.31. The highest BCUT2D eigenvalue weighted by molar-refractivity contribution is 7.13. The van der Waals surface area contributed by atoms with Crippen molar-refractivity contribution in [1.29, 1.82) is 0 Å². The summed E-state index contributed by atoms with van der Waals surface area (Å²) in [6.45, 7) is 1.24. The van der Waals surface area contributed by atoms with Crippen LogP contribution in [0.5, 0.6) is 0 Å². The van der Waals surface area contributed by atoms with Gasteiger partial charge in [0.2, 0.25) is 11.8 Å². The molecule has 0 radical (unpaired) electrons. The van der Waals surface area contributed by atoms with Crippen LogP contribution in [-0.2, 0) is 16.0 Å². The summed E-state index contributed by atoms with van der Waals surface area (Å²) >= 11 is 1.45. The predicted molar refractivity (Wildman–Crippen MR) is 94.6 cm³/mol. The Kier molecular flexibility index (Phi) is 5.71. The molecule has 7 heteroatoms. The largest absolute Gasteiger partial charge is 0.375 e. The Labute approximate surface area is 146 Å². The first kappa shape index (κ1) is 17.2. The highest BCUT2D eigenvalue weighted by atomic mass is 32.1. The standard InChI is InChI=1S/C17H26N4O2S/c18-17-20-13(11-24-17)4-3-9-19-16(23)12-7-8-15(22)21(10-12)14-5-1-2-6-14/h11-12,14H,1-10H2,(H2,18,20)(H,19,23)/t12-/m1/s1. The van der Waals surface area contributed by atoms with E-state index in [1.807, 2.05) is 10.3 Å². The molecule has 0 bridgehead atoms. The van der Waals surface area contributed by atoms with Crippen molar-refractivity contribution in [1.82, 2.24) is 15.2 Å². The summed E-state index contributed by atoms with van der Waals surface area (Å²) in [5, 5.41) is 5.58. The van der Waals surface area contributed by atoms with Gasteiger partial charge in [0.25, 0.3) is 0 Å². The third-order valence-electron chi connectivity index (χ3n) is 5.06. The Morgan fingerprint density at radius 1 is 1.38 bits per heavy atom. The lowest BCUT2D eigenvalue weighted by molar-refractivity contribution is -0.140. The minimum Gasteiger partial charge on any atom is -0.375 e. The van der Waals surface area contributed by atoms with Crippen LogP contribution < -0.4 is 11.1 Å². The number of aryl methyl sites for hydroxylation is 1. The smallest absolute Gasteiger partial charge is 0.224 e. The van der Waals surface area contributed by atoms with Gasteiger partial charge in [-0.05, 0) is 32.1 Å². The van der Waals surface area contributed by atoms with Crippen molar-refractivity contribution in [2.75, 3.05) is 18.8 Å². The van der Waals surface area contributed by atoms with E-state index < -0.39 is 0 Å². The number of rotatable bonds is 6. The van der Waals surface area contributed by atoms with Gasteiger partial charge in [-0.2, -0.15) is 0 Å². The van der Waals surface area contributed by atoms with Crippen molar-refractivity contribution in [3.63, 3.8) is 0 Å². The van der Waals surface area contributed by atoms with Gasteiger partial charge in [0.15, 0.2) is 5.13 Å². The number of piperidine rings is 1. The zero-order valence-electron chi connectivity index (χ0n) is 14.0. The molecule has 3 N–H and O–H groups in total. The lowest BCUT2D eigenvalue weighted by Crippen LogP contribution is -2.49. The number of carbonyl (C=O) groups is 2. The van der Waals surface area contributed by atoms with E-state index in [9.17, 15) is 9.59 Å². The maximum Gasteiger partial charge on any atom is 0.224 e. The van der Waals surface area contributed by atoms with Crippen LogP contribution in [0.1, 0.15) is 50.6 Å². The molecule has 132 valence electrons. The van der Waals surface area contributed by atoms with E-state index in [1.54, 1.807) is 0 Å². The third kappa shape index (κ3) is 4.26. The Morgan fingerprint density at radius 3 is 2.88 bits per heavy atom. The van der Waals surface area contributed by atoms with Crippen LogP contribution in [0.4, 0.5) is 5.13 Å². The Bertz CT molecular complexity index is 583. The van der Waals surface area contributed by atoms with Crippen LogP contribution in [-0.4, -0.2) is 40.8 Å². The van der Waals surface area contributed by atoms with Crippen LogP contribution in [0.3, 0.4) is 0 Å². The van der Waals surface area contributed by atoms with Gasteiger partial charge in [0, 0.05) is 30.9 Å². The monoisotopic (exact) mass is 350 g/mol. The second kappa shape index (κ2) is 7.96. The summed E-state index contributed by atoms with van der Waals surface area (Å²) in [6, 6.07) is 0.364. The number of aromatic nitrogens is 1. The summed E-state index contributed by atoms with van der Waals surface area (Å²) in [6.07, 6.45) is 7.45. The summed E-state index contributed by atoms with van der Waals surface area (Å²) in [5.74, 6) is 0.258. The van der Waals surface area contributed by atoms with Gasteiger partial charge < -0.3 is 16.0 Å². The van der Waals surface area contributed by atoms with Crippen LogP contribution in [0.25, 0.3) is 0 Å². The second-order valence-corrected chi connectivity index (χ2v) is 7.68. The van der Waals surface area contributed by atoms with E-state index in [4.69, 9.17) is 5.73 Å². The van der Waals surface area contributed by atoms with Crippen LogP contribution in [0.15, 0.2) is 5.38 Å². The number of nitrogen functional groups attached to an aromatic ring is 1. The van der Waals surface area contributed by atoms with E-state index in [-0.39, 0.29) is 17.7 Å². The number of thiazole rings is 1. The van der Waals surface area contributed by atoms with Crippen LogP contribution in [0, 0.1) is 5.92 Å². The number of hydrogen-bond acceptors (Lipinski definition) is 5. The molecule has 1 saturated heterocycles. The Balaban J connectivity index is 1.41. The number of nitrogens with one attached hydrogen (secondary N) is 1. The van der Waals surface area contributed by atoms with Gasteiger partial charge >= 0.3 is 0 Å². The number of anilines is 1. The molecule has 1 aromatic rings. The molecule has 1 atom stereocenters. The second-order valence-electron chi connectivity index (χ2n) is 6.79. The number of hydrogen-bond donors (Lipinski definition) is 2. The summed E-state index contributed by atoms with van der Waals surface area (Å²) in [4.78, 5) is 30.7. The molecule has 2 aliphatic rings. The molecule has 2 fully saturated rings. The Hall–Kier alpha value is -1.63. The highest BCUT2D eigenvalue weighted by Crippen LogP contribution is 2.28. The van der Waals surface area contributed by atoms with Gasteiger partial charge in [-0.25, -0.2) is 4.98 Å². The van der Waals surface area contributed by atoms with Crippen LogP contribution >= 0.6 is 11.3 Å². The molecule has 0 aromatic carbocycles. The van der Waals surface area contributed by atoms with E-state index in [0.717, 1.165) is 31.4 Å². The van der Waals surface area contributed by atoms with Crippen molar-refractivity contribution in [3.05, 3.63) is 11.1 Å². The van der Waals surface area contributed by atoms with E-state index in [0.29, 0.717) is 37.1 Å². The molecule has 1 aliphatic carbocycles. The molecule has 2 heterocycles. The molecule has 2 amide bonds. The van der Waals surface area contributed by atoms with Gasteiger partial charge in [-0.1, -0.05) is 12.8 Å². The molecular weight excluding hydrogens is 324 g/mol. The lowest BCUT2D eigenvalue weighted by Gasteiger charge is -2.36. The lowest BCUT2D eigenvalue weighted by atomic mass is 9.95. The number of amides is 2. The van der Waals surface area contributed by atoms with E-state index in [1.165, 1.54) is 24.2 Å². The summed E-state index contributed by atoms with van der Waals surface area (Å²) in [7, 11) is 0. The molecule has 1 saturated carbocycles. The number of nitrogens with zero attached hydrogens (tertiary/aromatic N) is 2. The molecule has 0 unspecified atom stereocenters. The maximum atomic E-state index is 12.4. The predicted octanol–water partition coefficient (Wildman–Crippen LogP) is 1.96. The molecule has 0 spiro atoms. The fourth-order valence-electron chi connectivity index (χ4n) is 3.72. The average Bonchev–Trinajstić information content (AvgIpc) is 3.23. The van der Waals surface area contributed by atoms with Crippen molar-refractivity contribution in [2.24, 2.45) is 5.92 Å². The van der Waals surface area contributed by atoms with Crippen molar-refractivity contribution in [3.8, 4) is 0 Å². The Morgan fingerprint density at radius 2 is 2.17 bits per heavy atom. The van der Waals surface area contributed by atoms with Crippen molar-refractivity contribution >= 4 is 28.3 Å². The first-order valence-electron chi connectivity index (χ1n) is 8.90. The molecular formula is C17H26N4O2S. The summed E-state index contributed by atoms with van der Waals surface area (Å²) in [5.41, 5.74) is 6.60. The first-order valence-corrected chi connectivity index (χ1v) is 9.78.